The Morgan fingerprint density at radius 3 is 2.52 bits per heavy atom. The molecule has 2 heterocycles. The lowest BCUT2D eigenvalue weighted by atomic mass is 10.1. The van der Waals surface area contributed by atoms with Crippen LogP contribution < -0.4 is 10.2 Å². The van der Waals surface area contributed by atoms with Gasteiger partial charge in [-0.15, -0.1) is 0 Å². The molecule has 0 spiro atoms. The van der Waals surface area contributed by atoms with Crippen molar-refractivity contribution >= 4 is 35.1 Å². The summed E-state index contributed by atoms with van der Waals surface area (Å²) in [4.78, 5) is 21.4. The highest BCUT2D eigenvalue weighted by Crippen LogP contribution is 2.33. The molecule has 0 radical (unpaired) electrons. The molecule has 0 saturated carbocycles. The van der Waals surface area contributed by atoms with Gasteiger partial charge in [0.15, 0.2) is 12.1 Å². The average molecular weight is 417 g/mol. The fourth-order valence-corrected chi connectivity index (χ4v) is 2.70. The molecule has 0 aliphatic heterocycles. The van der Waals surface area contributed by atoms with Crippen molar-refractivity contribution < 1.29 is 13.9 Å². The summed E-state index contributed by atoms with van der Waals surface area (Å²) < 4.78 is 18.5. The maximum Gasteiger partial charge on any atom is 0.153 e. The summed E-state index contributed by atoms with van der Waals surface area (Å²) in [6, 6.07) is 7.82. The normalized spacial score (nSPS) is 10.0. The van der Waals surface area contributed by atoms with Crippen LogP contribution in [0.2, 0.25) is 5.02 Å². The highest BCUT2D eigenvalue weighted by Gasteiger charge is 2.13. The van der Waals surface area contributed by atoms with Crippen molar-refractivity contribution in [1.82, 2.24) is 9.97 Å². The number of nitrogens with one attached hydrogen (secondary N) is 1. The number of carbonyl (C=O) groups excluding carboxylic acids is 1. The van der Waals surface area contributed by atoms with E-state index in [1.165, 1.54) is 18.3 Å². The molecule has 0 unspecified atom stereocenters. The minimum atomic E-state index is -0.391. The van der Waals surface area contributed by atoms with E-state index in [2.05, 4.69) is 20.0 Å². The van der Waals surface area contributed by atoms with E-state index in [0.29, 0.717) is 38.9 Å². The van der Waals surface area contributed by atoms with Gasteiger partial charge in [-0.1, -0.05) is 11.6 Å². The number of methoxy groups -OCH3 is 1. The van der Waals surface area contributed by atoms with E-state index in [0.717, 1.165) is 6.29 Å². The number of carbonyl (C=O) groups is 1. The Morgan fingerprint density at radius 1 is 1.14 bits per heavy atom. The molecule has 0 bridgehead atoms. The first kappa shape index (κ1) is 22.3. The van der Waals surface area contributed by atoms with Gasteiger partial charge in [0, 0.05) is 63.1 Å². The molecule has 0 saturated heterocycles. The van der Waals surface area contributed by atoms with Gasteiger partial charge in [0.05, 0.1) is 16.9 Å². The molecule has 1 N–H and O–H groups in total. The molecule has 29 heavy (non-hydrogen) atoms. The number of benzene rings is 1. The number of ether oxygens (including phenoxy) is 1. The van der Waals surface area contributed by atoms with E-state index < -0.39 is 5.82 Å². The van der Waals surface area contributed by atoms with E-state index >= 15 is 0 Å². The topological polar surface area (TPSA) is 67.4 Å². The van der Waals surface area contributed by atoms with Gasteiger partial charge in [0.2, 0.25) is 0 Å². The second kappa shape index (κ2) is 10.5. The lowest BCUT2D eigenvalue weighted by molar-refractivity contribution is 0.112. The predicted octanol–water partition coefficient (Wildman–Crippen LogP) is 4.82. The Kier molecular flexibility index (Phi) is 8.06. The summed E-state index contributed by atoms with van der Waals surface area (Å²) in [5, 5.41) is 3.62. The van der Waals surface area contributed by atoms with Gasteiger partial charge in [-0.25, -0.2) is 9.37 Å². The quantitative estimate of drug-likeness (QED) is 0.601. The number of nitrogens with zero attached hydrogens (tertiary/aromatic N) is 3. The third kappa shape index (κ3) is 5.73. The molecular weight excluding hydrogens is 395 g/mol. The van der Waals surface area contributed by atoms with E-state index in [1.54, 1.807) is 44.8 Å². The number of hydrogen-bond acceptors (Lipinski definition) is 6. The van der Waals surface area contributed by atoms with E-state index in [1.807, 2.05) is 19.0 Å². The van der Waals surface area contributed by atoms with E-state index in [4.69, 9.17) is 11.6 Å². The summed E-state index contributed by atoms with van der Waals surface area (Å²) in [5.74, 6) is 0.252. The summed E-state index contributed by atoms with van der Waals surface area (Å²) in [7, 11) is 6.95. The van der Waals surface area contributed by atoms with Crippen molar-refractivity contribution in [2.75, 3.05) is 38.5 Å². The SMILES string of the molecule is CN(C)c1ncc(-c2cc(Cl)ccc2F)cc1Nc1ccncc1C=O.COC. The zero-order valence-electron chi connectivity index (χ0n) is 16.6. The first-order chi connectivity index (χ1) is 13.9. The fraction of sp³-hybridized carbons (Fsp3) is 0.190. The zero-order valence-corrected chi connectivity index (χ0v) is 17.4. The van der Waals surface area contributed by atoms with Crippen molar-refractivity contribution in [3.05, 3.63) is 65.3 Å². The number of pyridine rings is 2. The molecule has 152 valence electrons. The summed E-state index contributed by atoms with van der Waals surface area (Å²) >= 11 is 6.00. The lowest BCUT2D eigenvalue weighted by Crippen LogP contribution is -2.13. The number of anilines is 3. The van der Waals surface area contributed by atoms with Crippen LogP contribution >= 0.6 is 11.6 Å². The minimum absolute atomic E-state index is 0.351. The molecule has 0 atom stereocenters. The van der Waals surface area contributed by atoms with Gasteiger partial charge < -0.3 is 15.0 Å². The Morgan fingerprint density at radius 2 is 1.86 bits per heavy atom. The molecule has 6 nitrogen and oxygen atoms in total. The minimum Gasteiger partial charge on any atom is -0.388 e. The van der Waals surface area contributed by atoms with Crippen LogP contribution in [0.4, 0.5) is 21.6 Å². The van der Waals surface area contributed by atoms with Gasteiger partial charge in [0.25, 0.3) is 0 Å². The molecule has 0 amide bonds. The van der Waals surface area contributed by atoms with Gasteiger partial charge in [-0.05, 0) is 30.3 Å². The first-order valence-electron chi connectivity index (χ1n) is 8.60. The fourth-order valence-electron chi connectivity index (χ4n) is 2.53. The van der Waals surface area contributed by atoms with Gasteiger partial charge in [0.1, 0.15) is 5.82 Å². The largest absolute Gasteiger partial charge is 0.388 e. The lowest BCUT2D eigenvalue weighted by Gasteiger charge is -2.19. The van der Waals surface area contributed by atoms with Crippen LogP contribution in [-0.4, -0.2) is 44.6 Å². The van der Waals surface area contributed by atoms with Crippen LogP contribution in [-0.2, 0) is 4.74 Å². The Labute approximate surface area is 174 Å². The molecular formula is C21H22ClFN4O2. The molecule has 1 aromatic carbocycles. The van der Waals surface area contributed by atoms with Crippen molar-refractivity contribution in [3.63, 3.8) is 0 Å². The van der Waals surface area contributed by atoms with Crippen LogP contribution in [0.5, 0.6) is 0 Å². The van der Waals surface area contributed by atoms with Crippen LogP contribution in [0.15, 0.2) is 48.9 Å². The van der Waals surface area contributed by atoms with Crippen molar-refractivity contribution in [1.29, 1.82) is 0 Å². The zero-order chi connectivity index (χ0) is 21.4. The van der Waals surface area contributed by atoms with Crippen molar-refractivity contribution in [3.8, 4) is 11.1 Å². The number of aromatic nitrogens is 2. The molecule has 3 aromatic rings. The summed E-state index contributed by atoms with van der Waals surface area (Å²) in [6.07, 6.45) is 5.36. The molecule has 0 fully saturated rings. The average Bonchev–Trinajstić information content (AvgIpc) is 2.70. The standard InChI is InChI=1S/C19H16ClFN4O.C2H6O/c1-25(2)19-18(24-17-5-6-22-9-13(17)11-26)7-12(10-23-19)15-8-14(20)3-4-16(15)21;1-3-2/h3-11H,1-2H3,(H,22,24);1-2H3. The Balaban J connectivity index is 0.000000941. The molecule has 0 aliphatic rings. The first-order valence-corrected chi connectivity index (χ1v) is 8.98. The maximum absolute atomic E-state index is 14.2. The van der Waals surface area contributed by atoms with Crippen LogP contribution in [0, 0.1) is 5.82 Å². The van der Waals surface area contributed by atoms with Gasteiger partial charge in [-0.2, -0.15) is 0 Å². The molecule has 0 aliphatic carbocycles. The monoisotopic (exact) mass is 416 g/mol. The summed E-state index contributed by atoms with van der Waals surface area (Å²) in [6.45, 7) is 0. The Bertz CT molecular complexity index is 983. The Hall–Kier alpha value is -3.03. The van der Waals surface area contributed by atoms with Crippen LogP contribution in [0.25, 0.3) is 11.1 Å². The summed E-state index contributed by atoms with van der Waals surface area (Å²) in [5.41, 5.74) is 2.55. The van der Waals surface area contributed by atoms with Crippen molar-refractivity contribution in [2.24, 2.45) is 0 Å². The van der Waals surface area contributed by atoms with E-state index in [-0.39, 0.29) is 0 Å². The highest BCUT2D eigenvalue weighted by atomic mass is 35.5. The third-order valence-electron chi connectivity index (χ3n) is 3.78. The molecule has 8 heteroatoms. The maximum atomic E-state index is 14.2. The van der Waals surface area contributed by atoms with Crippen LogP contribution in [0.3, 0.4) is 0 Å². The third-order valence-corrected chi connectivity index (χ3v) is 4.01. The highest BCUT2D eigenvalue weighted by molar-refractivity contribution is 6.30. The van der Waals surface area contributed by atoms with Crippen LogP contribution in [0.1, 0.15) is 10.4 Å². The second-order valence-electron chi connectivity index (χ2n) is 6.23. The predicted molar refractivity (Wildman–Crippen MR) is 115 cm³/mol. The second-order valence-corrected chi connectivity index (χ2v) is 6.66. The van der Waals surface area contributed by atoms with E-state index in [9.17, 15) is 9.18 Å². The molecule has 3 rings (SSSR count). The molecule has 2 aromatic heterocycles. The number of aldehydes is 1. The van der Waals surface area contributed by atoms with Gasteiger partial charge in [-0.3, -0.25) is 9.78 Å². The van der Waals surface area contributed by atoms with Crippen molar-refractivity contribution in [2.45, 2.75) is 0 Å². The number of halogens is 2. The number of hydrogen-bond donors (Lipinski definition) is 1. The number of rotatable bonds is 5. The smallest absolute Gasteiger partial charge is 0.153 e. The van der Waals surface area contributed by atoms with Gasteiger partial charge >= 0.3 is 0 Å².